The normalized spacial score (nSPS) is 18.5. The molecular formula is C24H26N6O2S. The van der Waals surface area contributed by atoms with Gasteiger partial charge in [-0.3, -0.25) is 0 Å². The van der Waals surface area contributed by atoms with Crippen LogP contribution in [0, 0.1) is 6.92 Å². The van der Waals surface area contributed by atoms with Crippen LogP contribution in [0.2, 0.25) is 0 Å². The lowest BCUT2D eigenvalue weighted by atomic mass is 10.1. The van der Waals surface area contributed by atoms with E-state index < -0.39 is 0 Å². The summed E-state index contributed by atoms with van der Waals surface area (Å²) in [6.07, 6.45) is 3.51. The van der Waals surface area contributed by atoms with E-state index in [9.17, 15) is 0 Å². The number of fused-ring (bicyclic) bond motifs is 1. The molecule has 0 saturated carbocycles. The van der Waals surface area contributed by atoms with E-state index in [-0.39, 0.29) is 10.9 Å². The summed E-state index contributed by atoms with van der Waals surface area (Å²) in [7, 11) is 0. The van der Waals surface area contributed by atoms with Crippen molar-refractivity contribution in [1.29, 1.82) is 0 Å². The molecule has 0 amide bonds. The third-order valence-corrected chi connectivity index (χ3v) is 6.17. The number of benzene rings is 2. The van der Waals surface area contributed by atoms with Gasteiger partial charge in [-0.1, -0.05) is 0 Å². The zero-order chi connectivity index (χ0) is 22.8. The SMILES string of the molecule is Cc1cc(Nc2ncnc3ccc(NC4=NC(C)(C)CO4)cc23)ccc1OC[C@@H]1NC=CS1. The standard InChI is InChI=1S/C24H26N6O2S/c1-15-10-16(5-7-20(15)31-12-21-25-8-9-33-21)28-22-18-11-17(4-6-19(18)26-14-27-22)29-23-30-24(2,3)13-32-23/h4-11,14,21,25H,12-13H2,1-3H3,(H,29,30)(H,26,27,28)/t21-/m1/s1. The van der Waals surface area contributed by atoms with Gasteiger partial charge in [0, 0.05) is 23.0 Å². The quantitative estimate of drug-likeness (QED) is 0.482. The maximum absolute atomic E-state index is 5.98. The van der Waals surface area contributed by atoms with Crippen LogP contribution in [0.25, 0.3) is 10.9 Å². The summed E-state index contributed by atoms with van der Waals surface area (Å²) in [6, 6.07) is 12.5. The van der Waals surface area contributed by atoms with Gasteiger partial charge in [0.05, 0.1) is 11.1 Å². The highest BCUT2D eigenvalue weighted by atomic mass is 32.2. The van der Waals surface area contributed by atoms with Gasteiger partial charge in [0.25, 0.3) is 6.02 Å². The van der Waals surface area contributed by atoms with Crippen LogP contribution in [-0.4, -0.2) is 40.1 Å². The van der Waals surface area contributed by atoms with Gasteiger partial charge in [-0.05, 0) is 68.1 Å². The highest BCUT2D eigenvalue weighted by Gasteiger charge is 2.26. The van der Waals surface area contributed by atoms with Crippen molar-refractivity contribution < 1.29 is 9.47 Å². The monoisotopic (exact) mass is 462 g/mol. The number of aryl methyl sites for hydroxylation is 1. The van der Waals surface area contributed by atoms with Gasteiger partial charge in [0.1, 0.15) is 36.5 Å². The Labute approximate surface area is 196 Å². The Morgan fingerprint density at radius 1 is 1.15 bits per heavy atom. The third kappa shape index (κ3) is 4.98. The van der Waals surface area contributed by atoms with Crippen molar-refractivity contribution in [2.24, 2.45) is 4.99 Å². The Morgan fingerprint density at radius 2 is 2.00 bits per heavy atom. The van der Waals surface area contributed by atoms with Crippen molar-refractivity contribution in [1.82, 2.24) is 15.3 Å². The molecule has 0 bridgehead atoms. The molecule has 8 nitrogen and oxygen atoms in total. The van der Waals surface area contributed by atoms with Gasteiger partial charge in [0.15, 0.2) is 0 Å². The molecule has 2 aliphatic heterocycles. The number of nitrogens with one attached hydrogen (secondary N) is 3. The molecule has 3 heterocycles. The molecular weight excluding hydrogens is 436 g/mol. The van der Waals surface area contributed by atoms with Crippen LogP contribution in [-0.2, 0) is 4.74 Å². The number of anilines is 3. The van der Waals surface area contributed by atoms with Gasteiger partial charge < -0.3 is 25.4 Å². The number of thioether (sulfide) groups is 1. The molecule has 5 rings (SSSR count). The first-order valence-electron chi connectivity index (χ1n) is 10.8. The molecule has 0 radical (unpaired) electrons. The predicted octanol–water partition coefficient (Wildman–Crippen LogP) is 4.77. The molecule has 0 saturated heterocycles. The van der Waals surface area contributed by atoms with Gasteiger partial charge >= 0.3 is 0 Å². The molecule has 0 fully saturated rings. The minimum Gasteiger partial charge on any atom is -0.490 e. The first kappa shape index (κ1) is 21.4. The van der Waals surface area contributed by atoms with E-state index in [0.29, 0.717) is 19.2 Å². The fraction of sp³-hybridized carbons (Fsp3) is 0.292. The van der Waals surface area contributed by atoms with Crippen LogP contribution in [0.5, 0.6) is 5.75 Å². The van der Waals surface area contributed by atoms with Crippen molar-refractivity contribution >= 4 is 45.9 Å². The van der Waals surface area contributed by atoms with Crippen molar-refractivity contribution in [2.75, 3.05) is 23.8 Å². The molecule has 1 aromatic heterocycles. The number of aromatic nitrogens is 2. The maximum Gasteiger partial charge on any atom is 0.289 e. The smallest absolute Gasteiger partial charge is 0.289 e. The summed E-state index contributed by atoms with van der Waals surface area (Å²) in [4.78, 5) is 13.4. The molecule has 0 aliphatic carbocycles. The van der Waals surface area contributed by atoms with E-state index in [1.807, 2.05) is 62.7 Å². The van der Waals surface area contributed by atoms with Crippen LogP contribution in [0.1, 0.15) is 19.4 Å². The largest absolute Gasteiger partial charge is 0.490 e. The molecule has 9 heteroatoms. The van der Waals surface area contributed by atoms with E-state index >= 15 is 0 Å². The van der Waals surface area contributed by atoms with E-state index in [1.165, 1.54) is 0 Å². The number of hydrogen-bond donors (Lipinski definition) is 3. The first-order chi connectivity index (χ1) is 15.9. The molecule has 33 heavy (non-hydrogen) atoms. The van der Waals surface area contributed by atoms with Gasteiger partial charge in [-0.25, -0.2) is 15.0 Å². The molecule has 1 atom stereocenters. The predicted molar refractivity (Wildman–Crippen MR) is 134 cm³/mol. The zero-order valence-electron chi connectivity index (χ0n) is 18.8. The average molecular weight is 463 g/mol. The Morgan fingerprint density at radius 3 is 2.76 bits per heavy atom. The number of nitrogens with zero attached hydrogens (tertiary/aromatic N) is 3. The Balaban J connectivity index is 1.33. The van der Waals surface area contributed by atoms with Gasteiger partial charge in [-0.2, -0.15) is 0 Å². The maximum atomic E-state index is 5.98. The summed E-state index contributed by atoms with van der Waals surface area (Å²) in [6.45, 7) is 7.28. The van der Waals surface area contributed by atoms with Crippen LogP contribution >= 0.6 is 11.8 Å². The van der Waals surface area contributed by atoms with Gasteiger partial charge in [-0.15, -0.1) is 11.8 Å². The lowest BCUT2D eigenvalue weighted by molar-refractivity contribution is 0.278. The second kappa shape index (κ2) is 8.82. The minimum absolute atomic E-state index is 0.216. The van der Waals surface area contributed by atoms with Crippen LogP contribution < -0.4 is 20.7 Å². The molecule has 3 N–H and O–H groups in total. The lowest BCUT2D eigenvalue weighted by Crippen LogP contribution is -2.24. The zero-order valence-corrected chi connectivity index (χ0v) is 19.6. The summed E-state index contributed by atoms with van der Waals surface area (Å²) in [5, 5.41) is 13.1. The first-order valence-corrected chi connectivity index (χ1v) is 11.7. The van der Waals surface area contributed by atoms with Crippen molar-refractivity contribution in [3.05, 3.63) is 59.9 Å². The Bertz CT molecular complexity index is 1230. The molecule has 0 spiro atoms. The highest BCUT2D eigenvalue weighted by molar-refractivity contribution is 8.02. The Hall–Kier alpha value is -3.46. The Kier molecular flexibility index (Phi) is 5.72. The van der Waals surface area contributed by atoms with Crippen LogP contribution in [0.3, 0.4) is 0 Å². The number of aliphatic imine (C=N–C) groups is 1. The topological polar surface area (TPSA) is 92.7 Å². The van der Waals surface area contributed by atoms with E-state index in [0.717, 1.165) is 39.4 Å². The minimum atomic E-state index is -0.216. The molecule has 170 valence electrons. The summed E-state index contributed by atoms with van der Waals surface area (Å²) in [5.41, 5.74) is 3.48. The number of ether oxygens (including phenoxy) is 2. The molecule has 0 unspecified atom stereocenters. The molecule has 2 aromatic carbocycles. The van der Waals surface area contributed by atoms with Crippen LogP contribution in [0.4, 0.5) is 17.2 Å². The highest BCUT2D eigenvalue weighted by Crippen LogP contribution is 2.29. The van der Waals surface area contributed by atoms with Crippen molar-refractivity contribution in [3.8, 4) is 5.75 Å². The number of hydrogen-bond acceptors (Lipinski definition) is 9. The fourth-order valence-corrected chi connectivity index (χ4v) is 4.26. The summed E-state index contributed by atoms with van der Waals surface area (Å²) < 4.78 is 11.6. The number of rotatable bonds is 6. The molecule has 3 aromatic rings. The summed E-state index contributed by atoms with van der Waals surface area (Å²) in [5.74, 6) is 1.60. The lowest BCUT2D eigenvalue weighted by Gasteiger charge is -2.15. The van der Waals surface area contributed by atoms with Gasteiger partial charge in [0.2, 0.25) is 0 Å². The van der Waals surface area contributed by atoms with Crippen molar-refractivity contribution in [2.45, 2.75) is 31.7 Å². The van der Waals surface area contributed by atoms with Crippen LogP contribution in [0.15, 0.2) is 59.3 Å². The van der Waals surface area contributed by atoms with Crippen molar-refractivity contribution in [3.63, 3.8) is 0 Å². The number of amidine groups is 1. The van der Waals surface area contributed by atoms with E-state index in [2.05, 4.69) is 37.0 Å². The summed E-state index contributed by atoms with van der Waals surface area (Å²) >= 11 is 1.72. The second-order valence-corrected chi connectivity index (χ2v) is 9.72. The molecule has 2 aliphatic rings. The fourth-order valence-electron chi connectivity index (χ4n) is 3.60. The van der Waals surface area contributed by atoms with E-state index in [1.54, 1.807) is 18.1 Å². The average Bonchev–Trinajstić information content (AvgIpc) is 3.43. The second-order valence-electron chi connectivity index (χ2n) is 8.61. The third-order valence-electron chi connectivity index (χ3n) is 5.27. The van der Waals surface area contributed by atoms with E-state index in [4.69, 9.17) is 9.47 Å².